The average molecular weight is 376 g/mol. The molecule has 0 fully saturated rings. The lowest BCUT2D eigenvalue weighted by atomic mass is 9.91. The van der Waals surface area contributed by atoms with Crippen molar-refractivity contribution in [3.05, 3.63) is 131 Å². The first kappa shape index (κ1) is 18.8. The first-order valence-electron chi connectivity index (χ1n) is 9.96. The highest BCUT2D eigenvalue weighted by Gasteiger charge is 2.09. The molecule has 0 atom stereocenters. The van der Waals surface area contributed by atoms with Crippen molar-refractivity contribution in [2.75, 3.05) is 5.32 Å². The zero-order chi connectivity index (χ0) is 20.1. The summed E-state index contributed by atoms with van der Waals surface area (Å²) in [5.41, 5.74) is 9.68. The lowest BCUT2D eigenvalue weighted by Gasteiger charge is -2.13. The molecule has 0 spiro atoms. The molecule has 0 aromatic heterocycles. The summed E-state index contributed by atoms with van der Waals surface area (Å²) in [5, 5.41) is 3.44. The van der Waals surface area contributed by atoms with Gasteiger partial charge in [-0.2, -0.15) is 0 Å². The largest absolute Gasteiger partial charge is 0.356 e. The molecule has 1 heteroatoms. The Morgan fingerprint density at radius 3 is 1.97 bits per heavy atom. The minimum absolute atomic E-state index is 1.08. The van der Waals surface area contributed by atoms with Crippen LogP contribution in [0.25, 0.3) is 11.6 Å². The summed E-state index contributed by atoms with van der Waals surface area (Å²) < 4.78 is 0. The van der Waals surface area contributed by atoms with Crippen LogP contribution in [0, 0.1) is 13.8 Å². The molecule has 0 unspecified atom stereocenters. The molecule has 0 bridgehead atoms. The molecule has 0 aliphatic rings. The van der Waals surface area contributed by atoms with Gasteiger partial charge < -0.3 is 5.32 Å². The summed E-state index contributed by atoms with van der Waals surface area (Å²) in [7, 11) is 0. The molecule has 4 aromatic rings. The monoisotopic (exact) mass is 375 g/mol. The normalized spacial score (nSPS) is 11.3. The summed E-state index contributed by atoms with van der Waals surface area (Å²) in [4.78, 5) is 0. The quantitative estimate of drug-likeness (QED) is 0.353. The fourth-order valence-electron chi connectivity index (χ4n) is 3.48. The minimum Gasteiger partial charge on any atom is -0.356 e. The van der Waals surface area contributed by atoms with E-state index >= 15 is 0 Å². The highest BCUT2D eigenvalue weighted by molar-refractivity contribution is 5.92. The first-order chi connectivity index (χ1) is 14.2. The Labute approximate surface area is 173 Å². The lowest BCUT2D eigenvalue weighted by molar-refractivity contribution is 1.36. The van der Waals surface area contributed by atoms with Crippen LogP contribution in [0.3, 0.4) is 0 Å². The third-order valence-corrected chi connectivity index (χ3v) is 5.05. The zero-order valence-corrected chi connectivity index (χ0v) is 16.9. The summed E-state index contributed by atoms with van der Waals surface area (Å²) >= 11 is 0. The summed E-state index contributed by atoms with van der Waals surface area (Å²) in [6, 6.07) is 36.1. The van der Waals surface area contributed by atoms with E-state index in [-0.39, 0.29) is 0 Å². The maximum atomic E-state index is 3.44. The molecule has 4 aromatic carbocycles. The van der Waals surface area contributed by atoms with Crippen molar-refractivity contribution in [2.24, 2.45) is 0 Å². The molecule has 0 saturated heterocycles. The molecule has 0 aliphatic carbocycles. The summed E-state index contributed by atoms with van der Waals surface area (Å²) in [6.45, 7) is 4.33. The Morgan fingerprint density at radius 2 is 1.28 bits per heavy atom. The molecule has 29 heavy (non-hydrogen) atoms. The molecule has 0 amide bonds. The maximum absolute atomic E-state index is 3.44. The predicted octanol–water partition coefficient (Wildman–Crippen LogP) is 7.64. The predicted molar refractivity (Wildman–Crippen MR) is 125 cm³/mol. The van der Waals surface area contributed by atoms with Crippen molar-refractivity contribution in [3.8, 4) is 0 Å². The second kappa shape index (κ2) is 8.62. The van der Waals surface area contributed by atoms with Gasteiger partial charge in [0.2, 0.25) is 0 Å². The number of para-hydroxylation sites is 1. The number of hydrogen-bond acceptors (Lipinski definition) is 1. The van der Waals surface area contributed by atoms with Crippen LogP contribution in [0.2, 0.25) is 0 Å². The van der Waals surface area contributed by atoms with E-state index in [2.05, 4.69) is 110 Å². The van der Waals surface area contributed by atoms with Crippen LogP contribution in [-0.2, 0) is 0 Å². The molecular weight excluding hydrogens is 350 g/mol. The zero-order valence-electron chi connectivity index (χ0n) is 16.9. The van der Waals surface area contributed by atoms with E-state index in [1.807, 2.05) is 18.2 Å². The summed E-state index contributed by atoms with van der Waals surface area (Å²) in [6.07, 6.45) is 2.28. The highest BCUT2D eigenvalue weighted by atomic mass is 14.9. The third kappa shape index (κ3) is 4.64. The Hall–Kier alpha value is -3.58. The van der Waals surface area contributed by atoms with Gasteiger partial charge in [-0.25, -0.2) is 0 Å². The topological polar surface area (TPSA) is 12.0 Å². The van der Waals surface area contributed by atoms with Gasteiger partial charge in [-0.1, -0.05) is 84.4 Å². The third-order valence-electron chi connectivity index (χ3n) is 5.05. The Balaban J connectivity index is 1.70. The average Bonchev–Trinajstić information content (AvgIpc) is 2.76. The van der Waals surface area contributed by atoms with E-state index < -0.39 is 0 Å². The van der Waals surface area contributed by atoms with Gasteiger partial charge in [0.25, 0.3) is 0 Å². The molecule has 1 N–H and O–H groups in total. The number of anilines is 2. The molecule has 142 valence electrons. The van der Waals surface area contributed by atoms with Crippen molar-refractivity contribution in [1.29, 1.82) is 0 Å². The van der Waals surface area contributed by atoms with Crippen LogP contribution in [0.5, 0.6) is 0 Å². The second-order valence-corrected chi connectivity index (χ2v) is 7.36. The van der Waals surface area contributed by atoms with Crippen molar-refractivity contribution in [2.45, 2.75) is 13.8 Å². The van der Waals surface area contributed by atoms with E-state index in [0.29, 0.717) is 0 Å². The molecule has 1 nitrogen and oxygen atoms in total. The SMILES string of the molecule is Cc1ccc(C)c(C(=Cc2ccc(Nc3ccccc3)cc2)c2ccccc2)c1. The van der Waals surface area contributed by atoms with Gasteiger partial charge in [0.05, 0.1) is 0 Å². The maximum Gasteiger partial charge on any atom is 0.0384 e. The van der Waals surface area contributed by atoms with E-state index in [9.17, 15) is 0 Å². The van der Waals surface area contributed by atoms with Gasteiger partial charge in [-0.3, -0.25) is 0 Å². The first-order valence-corrected chi connectivity index (χ1v) is 9.96. The molecule has 4 rings (SSSR count). The van der Waals surface area contributed by atoms with Gasteiger partial charge in [0, 0.05) is 11.4 Å². The smallest absolute Gasteiger partial charge is 0.0384 e. The lowest BCUT2D eigenvalue weighted by Crippen LogP contribution is -1.93. The van der Waals surface area contributed by atoms with Crippen molar-refractivity contribution < 1.29 is 0 Å². The van der Waals surface area contributed by atoms with E-state index in [1.54, 1.807) is 0 Å². The Kier molecular flexibility index (Phi) is 5.58. The van der Waals surface area contributed by atoms with E-state index in [4.69, 9.17) is 0 Å². The van der Waals surface area contributed by atoms with Gasteiger partial charge in [0.15, 0.2) is 0 Å². The van der Waals surface area contributed by atoms with Crippen molar-refractivity contribution in [3.63, 3.8) is 0 Å². The minimum atomic E-state index is 1.08. The van der Waals surface area contributed by atoms with Gasteiger partial charge in [-0.15, -0.1) is 0 Å². The Morgan fingerprint density at radius 1 is 0.655 bits per heavy atom. The second-order valence-electron chi connectivity index (χ2n) is 7.36. The highest BCUT2D eigenvalue weighted by Crippen LogP contribution is 2.29. The Bertz CT molecular complexity index is 1110. The van der Waals surface area contributed by atoms with Crippen LogP contribution in [-0.4, -0.2) is 0 Å². The van der Waals surface area contributed by atoms with Crippen molar-refractivity contribution in [1.82, 2.24) is 0 Å². The number of rotatable bonds is 5. The molecular formula is C28H25N. The van der Waals surface area contributed by atoms with Gasteiger partial charge in [0.1, 0.15) is 0 Å². The van der Waals surface area contributed by atoms with Gasteiger partial charge >= 0.3 is 0 Å². The molecule has 0 heterocycles. The number of benzene rings is 4. The standard InChI is InChI=1S/C28H25N/c1-21-13-14-22(2)27(19-21)28(24-9-5-3-6-10-24)20-23-15-17-26(18-16-23)29-25-11-7-4-8-12-25/h3-20,29H,1-2H3. The number of nitrogens with one attached hydrogen (secondary N) is 1. The fourth-order valence-corrected chi connectivity index (χ4v) is 3.48. The van der Waals surface area contributed by atoms with Crippen LogP contribution in [0.15, 0.2) is 103 Å². The van der Waals surface area contributed by atoms with Crippen LogP contribution in [0.4, 0.5) is 11.4 Å². The van der Waals surface area contributed by atoms with Crippen molar-refractivity contribution >= 4 is 23.0 Å². The molecule has 0 saturated carbocycles. The molecule has 0 radical (unpaired) electrons. The number of hydrogen-bond donors (Lipinski definition) is 1. The fraction of sp³-hybridized carbons (Fsp3) is 0.0714. The van der Waals surface area contributed by atoms with Crippen LogP contribution >= 0.6 is 0 Å². The molecule has 0 aliphatic heterocycles. The summed E-state index contributed by atoms with van der Waals surface area (Å²) in [5.74, 6) is 0. The van der Waals surface area contributed by atoms with E-state index in [1.165, 1.54) is 33.4 Å². The van der Waals surface area contributed by atoms with Crippen LogP contribution in [0.1, 0.15) is 27.8 Å². The number of aryl methyl sites for hydroxylation is 2. The van der Waals surface area contributed by atoms with Gasteiger partial charge in [-0.05, 0) is 72.0 Å². The van der Waals surface area contributed by atoms with Crippen LogP contribution < -0.4 is 5.32 Å². The van der Waals surface area contributed by atoms with E-state index in [0.717, 1.165) is 11.4 Å².